The Morgan fingerprint density at radius 1 is 1.17 bits per heavy atom. The predicted octanol–water partition coefficient (Wildman–Crippen LogP) is 2.53. The Balaban J connectivity index is 2.11. The molecule has 0 aromatic heterocycles. The fraction of sp³-hybridized carbons (Fsp3) is 0.500. The molecule has 18 heavy (non-hydrogen) atoms. The first kappa shape index (κ1) is 14.1. The molecular weight excluding hydrogens is 360 g/mol. The molecule has 1 saturated carbocycles. The van der Waals surface area contributed by atoms with E-state index in [0.29, 0.717) is 11.2 Å². The summed E-state index contributed by atoms with van der Waals surface area (Å²) in [5.41, 5.74) is 1.20. The van der Waals surface area contributed by atoms with Crippen molar-refractivity contribution in [2.75, 3.05) is 0 Å². The van der Waals surface area contributed by atoms with Gasteiger partial charge in [-0.2, -0.15) is 0 Å². The number of halogens is 2. The third-order valence-electron chi connectivity index (χ3n) is 3.61. The van der Waals surface area contributed by atoms with Crippen LogP contribution in [0.1, 0.15) is 18.4 Å². The van der Waals surface area contributed by atoms with Gasteiger partial charge in [-0.15, -0.1) is 0 Å². The molecule has 0 aliphatic heterocycles. The number of aliphatic carboxylic acids is 1. The van der Waals surface area contributed by atoms with Crippen LogP contribution in [0.15, 0.2) is 30.3 Å². The first-order valence-corrected chi connectivity index (χ1v) is 7.94. The maximum Gasteiger partial charge on any atom is 0.0448 e. The van der Waals surface area contributed by atoms with Gasteiger partial charge in [-0.25, -0.2) is 0 Å². The fourth-order valence-corrected chi connectivity index (χ4v) is 3.93. The molecule has 1 aromatic rings. The van der Waals surface area contributed by atoms with Gasteiger partial charge in [-0.1, -0.05) is 62.2 Å². The fourth-order valence-electron chi connectivity index (χ4n) is 2.61. The summed E-state index contributed by atoms with van der Waals surface area (Å²) in [6, 6.07) is 10.1. The lowest BCUT2D eigenvalue weighted by Gasteiger charge is -2.37. The number of carboxylic acids is 1. The zero-order chi connectivity index (χ0) is 13.1. The molecule has 0 radical (unpaired) electrons. The zero-order valence-electron chi connectivity index (χ0n) is 9.89. The van der Waals surface area contributed by atoms with Crippen LogP contribution in [0.25, 0.3) is 0 Å². The first-order valence-electron chi connectivity index (χ1n) is 6.11. The number of rotatable bonds is 3. The minimum Gasteiger partial charge on any atom is -0.550 e. The van der Waals surface area contributed by atoms with Gasteiger partial charge in [-0.3, -0.25) is 0 Å². The summed E-state index contributed by atoms with van der Waals surface area (Å²) in [7, 11) is 0. The highest BCUT2D eigenvalue weighted by atomic mass is 79.9. The van der Waals surface area contributed by atoms with Crippen LogP contribution in [0, 0.1) is 11.8 Å². The van der Waals surface area contributed by atoms with Crippen molar-refractivity contribution >= 4 is 37.8 Å². The Morgan fingerprint density at radius 2 is 1.78 bits per heavy atom. The van der Waals surface area contributed by atoms with Crippen molar-refractivity contribution in [2.45, 2.75) is 28.9 Å². The van der Waals surface area contributed by atoms with Crippen LogP contribution in [0.3, 0.4) is 0 Å². The monoisotopic (exact) mass is 373 g/mol. The number of alkyl halides is 2. The molecule has 0 bridgehead atoms. The lowest BCUT2D eigenvalue weighted by molar-refractivity contribution is -0.314. The highest BCUT2D eigenvalue weighted by molar-refractivity contribution is 9.12. The SMILES string of the molecule is O=C([O-])[C@@H]1C[C@@H](Br)[C@@H](Br)C[C@H]1Cc1ccccc1. The molecule has 2 rings (SSSR count). The Kier molecular flexibility index (Phi) is 4.84. The molecule has 0 N–H and O–H groups in total. The van der Waals surface area contributed by atoms with Crippen molar-refractivity contribution in [1.29, 1.82) is 0 Å². The molecule has 0 heterocycles. The Bertz CT molecular complexity index is 408. The Hall–Kier alpha value is -0.350. The molecule has 0 amide bonds. The minimum absolute atomic E-state index is 0.149. The van der Waals surface area contributed by atoms with E-state index < -0.39 is 5.97 Å². The average molecular weight is 375 g/mol. The molecule has 0 saturated heterocycles. The third-order valence-corrected chi connectivity index (χ3v) is 6.35. The molecule has 1 aromatic carbocycles. The van der Waals surface area contributed by atoms with Crippen LogP contribution < -0.4 is 5.11 Å². The second kappa shape index (κ2) is 6.20. The molecule has 98 valence electrons. The van der Waals surface area contributed by atoms with Crippen LogP contribution in [-0.4, -0.2) is 15.6 Å². The van der Waals surface area contributed by atoms with Crippen molar-refractivity contribution in [1.82, 2.24) is 0 Å². The summed E-state index contributed by atoms with van der Waals surface area (Å²) in [5, 5.41) is 11.3. The van der Waals surface area contributed by atoms with Crippen LogP contribution >= 0.6 is 31.9 Å². The molecule has 0 spiro atoms. The quantitative estimate of drug-likeness (QED) is 0.762. The van der Waals surface area contributed by atoms with Crippen LogP contribution in [-0.2, 0) is 11.2 Å². The van der Waals surface area contributed by atoms with Gasteiger partial charge in [-0.05, 0) is 30.7 Å². The maximum absolute atomic E-state index is 11.3. The van der Waals surface area contributed by atoms with Gasteiger partial charge in [0.25, 0.3) is 0 Å². The summed E-state index contributed by atoms with van der Waals surface area (Å²) >= 11 is 7.16. The standard InChI is InChI=1S/C14H16Br2O2/c15-12-7-10(6-9-4-2-1-3-5-9)11(14(17)18)8-13(12)16/h1-5,10-13H,6-8H2,(H,17,18)/p-1/t10-,11-,12+,13-/m1/s1. The lowest BCUT2D eigenvalue weighted by Crippen LogP contribution is -2.43. The van der Waals surface area contributed by atoms with Crippen molar-refractivity contribution in [3.63, 3.8) is 0 Å². The van der Waals surface area contributed by atoms with Gasteiger partial charge in [0.2, 0.25) is 0 Å². The number of carbonyl (C=O) groups excluding carboxylic acids is 1. The number of carbonyl (C=O) groups is 1. The smallest absolute Gasteiger partial charge is 0.0448 e. The summed E-state index contributed by atoms with van der Waals surface area (Å²) in [6.45, 7) is 0. The van der Waals surface area contributed by atoms with E-state index in [4.69, 9.17) is 0 Å². The Labute approximate surface area is 124 Å². The van der Waals surface area contributed by atoms with Crippen molar-refractivity contribution in [2.24, 2.45) is 11.8 Å². The number of carboxylic acid groups (broad SMARTS) is 1. The predicted molar refractivity (Wildman–Crippen MR) is 76.8 cm³/mol. The van der Waals surface area contributed by atoms with E-state index in [2.05, 4.69) is 44.0 Å². The van der Waals surface area contributed by atoms with E-state index >= 15 is 0 Å². The molecular formula is C14H15Br2O2-. The summed E-state index contributed by atoms with van der Waals surface area (Å²) in [6.07, 6.45) is 2.31. The van der Waals surface area contributed by atoms with Gasteiger partial charge >= 0.3 is 0 Å². The van der Waals surface area contributed by atoms with Gasteiger partial charge in [0.1, 0.15) is 0 Å². The van der Waals surface area contributed by atoms with E-state index in [1.807, 2.05) is 18.2 Å². The molecule has 4 atom stereocenters. The van der Waals surface area contributed by atoms with Gasteiger partial charge in [0.15, 0.2) is 0 Å². The van der Waals surface area contributed by atoms with Crippen molar-refractivity contribution in [3.8, 4) is 0 Å². The van der Waals surface area contributed by atoms with Crippen molar-refractivity contribution < 1.29 is 9.90 Å². The minimum atomic E-state index is -0.917. The highest BCUT2D eigenvalue weighted by Crippen LogP contribution is 2.39. The molecule has 1 aliphatic rings. The summed E-state index contributed by atoms with van der Waals surface area (Å²) in [5.74, 6) is -1.13. The zero-order valence-corrected chi connectivity index (χ0v) is 13.1. The number of benzene rings is 1. The summed E-state index contributed by atoms with van der Waals surface area (Å²) < 4.78 is 0. The molecule has 1 aliphatic carbocycles. The molecule has 0 unspecified atom stereocenters. The molecule has 2 nitrogen and oxygen atoms in total. The Morgan fingerprint density at radius 3 is 2.39 bits per heavy atom. The third kappa shape index (κ3) is 3.35. The van der Waals surface area contributed by atoms with E-state index in [-0.39, 0.29) is 16.7 Å². The van der Waals surface area contributed by atoms with E-state index in [1.54, 1.807) is 0 Å². The largest absolute Gasteiger partial charge is 0.550 e. The van der Waals surface area contributed by atoms with E-state index in [1.165, 1.54) is 5.56 Å². The lowest BCUT2D eigenvalue weighted by atomic mass is 9.76. The molecule has 1 fully saturated rings. The second-order valence-corrected chi connectivity index (χ2v) is 7.23. The average Bonchev–Trinajstić information content (AvgIpc) is 2.34. The van der Waals surface area contributed by atoms with Gasteiger partial charge in [0.05, 0.1) is 0 Å². The van der Waals surface area contributed by atoms with E-state index in [9.17, 15) is 9.90 Å². The van der Waals surface area contributed by atoms with Gasteiger partial charge < -0.3 is 9.90 Å². The van der Waals surface area contributed by atoms with Gasteiger partial charge in [0, 0.05) is 21.5 Å². The van der Waals surface area contributed by atoms with Crippen LogP contribution in [0.4, 0.5) is 0 Å². The normalized spacial score (nSPS) is 32.1. The van der Waals surface area contributed by atoms with E-state index in [0.717, 1.165) is 12.8 Å². The number of hydrogen-bond donors (Lipinski definition) is 0. The van der Waals surface area contributed by atoms with Crippen LogP contribution in [0.5, 0.6) is 0 Å². The first-order chi connectivity index (χ1) is 8.58. The molecule has 4 heteroatoms. The van der Waals surface area contributed by atoms with Crippen LogP contribution in [0.2, 0.25) is 0 Å². The topological polar surface area (TPSA) is 40.1 Å². The maximum atomic E-state index is 11.3. The summed E-state index contributed by atoms with van der Waals surface area (Å²) in [4.78, 5) is 11.8. The van der Waals surface area contributed by atoms with Crippen molar-refractivity contribution in [3.05, 3.63) is 35.9 Å². The highest BCUT2D eigenvalue weighted by Gasteiger charge is 2.35. The number of hydrogen-bond acceptors (Lipinski definition) is 2. The second-order valence-electron chi connectivity index (χ2n) is 4.88.